The van der Waals surface area contributed by atoms with Crippen LogP contribution in [0.5, 0.6) is 0 Å². The van der Waals surface area contributed by atoms with E-state index in [0.29, 0.717) is 37.7 Å². The number of hydrogen-bond acceptors (Lipinski definition) is 6. The summed E-state index contributed by atoms with van der Waals surface area (Å²) in [6, 6.07) is 12.8. The molecule has 0 unspecified atom stereocenters. The molecule has 0 bridgehead atoms. The van der Waals surface area contributed by atoms with Gasteiger partial charge in [-0.2, -0.15) is 0 Å². The van der Waals surface area contributed by atoms with Crippen molar-refractivity contribution in [3.8, 4) is 0 Å². The Morgan fingerprint density at radius 1 is 1.15 bits per heavy atom. The van der Waals surface area contributed by atoms with Crippen LogP contribution in [0.15, 0.2) is 53.4 Å². The van der Waals surface area contributed by atoms with Gasteiger partial charge in [0.05, 0.1) is 28.7 Å². The van der Waals surface area contributed by atoms with E-state index in [1.165, 1.54) is 16.4 Å². The standard InChI is InChI=1S/C18H21N3O5S/c1-2-20(15-6-4-3-5-7-15)27(24,25)16-8-9-17(18(14-16)21(22)23)19-10-12-26-13-11-19/h3-9,14H,2,10-13H2,1H3. The fourth-order valence-corrected chi connectivity index (χ4v) is 4.59. The van der Waals surface area contributed by atoms with E-state index in [9.17, 15) is 18.5 Å². The fourth-order valence-electron chi connectivity index (χ4n) is 3.09. The molecule has 0 aliphatic carbocycles. The second-order valence-corrected chi connectivity index (χ2v) is 7.87. The van der Waals surface area contributed by atoms with Gasteiger partial charge < -0.3 is 9.64 Å². The first kappa shape index (κ1) is 19.1. The molecule has 2 aromatic carbocycles. The number of nitrogens with zero attached hydrogens (tertiary/aromatic N) is 3. The van der Waals surface area contributed by atoms with Crippen LogP contribution in [0.3, 0.4) is 0 Å². The molecule has 0 atom stereocenters. The second kappa shape index (κ2) is 7.93. The fraction of sp³-hybridized carbons (Fsp3) is 0.333. The van der Waals surface area contributed by atoms with Gasteiger partial charge in [0.2, 0.25) is 0 Å². The average molecular weight is 391 g/mol. The van der Waals surface area contributed by atoms with Crippen molar-refractivity contribution in [2.24, 2.45) is 0 Å². The third-order valence-electron chi connectivity index (χ3n) is 4.41. The Morgan fingerprint density at radius 2 is 1.81 bits per heavy atom. The number of ether oxygens (including phenoxy) is 1. The highest BCUT2D eigenvalue weighted by molar-refractivity contribution is 7.92. The molecule has 1 saturated heterocycles. The molecule has 9 heteroatoms. The summed E-state index contributed by atoms with van der Waals surface area (Å²) in [7, 11) is -3.92. The molecular formula is C18H21N3O5S. The number of para-hydroxylation sites is 1. The number of nitro groups is 1. The number of benzene rings is 2. The Hall–Kier alpha value is -2.65. The summed E-state index contributed by atoms with van der Waals surface area (Å²) in [5.41, 5.74) is 0.701. The van der Waals surface area contributed by atoms with Crippen LogP contribution in [0.25, 0.3) is 0 Å². The van der Waals surface area contributed by atoms with E-state index >= 15 is 0 Å². The van der Waals surface area contributed by atoms with Gasteiger partial charge in [-0.05, 0) is 31.2 Å². The van der Waals surface area contributed by atoms with Crippen molar-refractivity contribution in [1.29, 1.82) is 0 Å². The summed E-state index contributed by atoms with van der Waals surface area (Å²) in [5.74, 6) is 0. The van der Waals surface area contributed by atoms with Crippen molar-refractivity contribution in [3.63, 3.8) is 0 Å². The van der Waals surface area contributed by atoms with Crippen LogP contribution in [0, 0.1) is 10.1 Å². The van der Waals surface area contributed by atoms with Gasteiger partial charge in [0.15, 0.2) is 0 Å². The molecule has 1 aliphatic heterocycles. The van der Waals surface area contributed by atoms with Gasteiger partial charge in [-0.1, -0.05) is 18.2 Å². The van der Waals surface area contributed by atoms with Gasteiger partial charge in [0.25, 0.3) is 15.7 Å². The SMILES string of the molecule is CCN(c1ccccc1)S(=O)(=O)c1ccc(N2CCOCC2)c([N+](=O)[O-])c1. The van der Waals surface area contributed by atoms with E-state index in [0.717, 1.165) is 6.07 Å². The lowest BCUT2D eigenvalue weighted by Crippen LogP contribution is -2.36. The third-order valence-corrected chi connectivity index (χ3v) is 6.31. The van der Waals surface area contributed by atoms with Crippen molar-refractivity contribution in [1.82, 2.24) is 0 Å². The normalized spacial score (nSPS) is 14.8. The predicted molar refractivity (Wildman–Crippen MR) is 103 cm³/mol. The van der Waals surface area contributed by atoms with Crippen LogP contribution in [-0.4, -0.2) is 46.2 Å². The number of morpholine rings is 1. The molecule has 8 nitrogen and oxygen atoms in total. The minimum Gasteiger partial charge on any atom is -0.378 e. The number of nitro benzene ring substituents is 1. The highest BCUT2D eigenvalue weighted by atomic mass is 32.2. The minimum absolute atomic E-state index is 0.100. The highest BCUT2D eigenvalue weighted by Gasteiger charge is 2.28. The van der Waals surface area contributed by atoms with Crippen LogP contribution in [0.1, 0.15) is 6.92 Å². The molecule has 0 N–H and O–H groups in total. The number of sulfonamides is 1. The highest BCUT2D eigenvalue weighted by Crippen LogP contribution is 2.33. The van der Waals surface area contributed by atoms with Crippen LogP contribution in [0.2, 0.25) is 0 Å². The Labute approximate surface area is 158 Å². The zero-order valence-electron chi connectivity index (χ0n) is 14.9. The maximum Gasteiger partial charge on any atom is 0.293 e. The molecule has 1 fully saturated rings. The summed E-state index contributed by atoms with van der Waals surface area (Å²) < 4.78 is 32.7. The van der Waals surface area contributed by atoms with Crippen molar-refractivity contribution in [3.05, 3.63) is 58.6 Å². The topological polar surface area (TPSA) is 93.0 Å². The van der Waals surface area contributed by atoms with E-state index in [-0.39, 0.29) is 17.1 Å². The summed E-state index contributed by atoms with van der Waals surface area (Å²) in [6.07, 6.45) is 0. The molecule has 0 aromatic heterocycles. The number of rotatable bonds is 6. The predicted octanol–water partition coefficient (Wildman–Crippen LogP) is 2.65. The van der Waals surface area contributed by atoms with Crippen LogP contribution in [-0.2, 0) is 14.8 Å². The molecule has 27 heavy (non-hydrogen) atoms. The van der Waals surface area contributed by atoms with E-state index < -0.39 is 14.9 Å². The maximum absolute atomic E-state index is 13.1. The smallest absolute Gasteiger partial charge is 0.293 e. The van der Waals surface area contributed by atoms with Crippen LogP contribution >= 0.6 is 0 Å². The van der Waals surface area contributed by atoms with Crippen molar-refractivity contribution in [2.75, 3.05) is 42.1 Å². The Balaban J connectivity index is 2.03. The molecule has 0 spiro atoms. The van der Waals surface area contributed by atoms with E-state index in [1.807, 2.05) is 4.90 Å². The van der Waals surface area contributed by atoms with Crippen LogP contribution < -0.4 is 9.21 Å². The lowest BCUT2D eigenvalue weighted by Gasteiger charge is -2.29. The van der Waals surface area contributed by atoms with Gasteiger partial charge >= 0.3 is 0 Å². The van der Waals surface area contributed by atoms with E-state index in [4.69, 9.17) is 4.74 Å². The minimum atomic E-state index is -3.92. The molecule has 0 amide bonds. The first-order valence-corrected chi connectivity index (χ1v) is 10.1. The monoisotopic (exact) mass is 391 g/mol. The maximum atomic E-state index is 13.1. The first-order chi connectivity index (χ1) is 12.9. The van der Waals surface area contributed by atoms with Gasteiger partial charge in [0.1, 0.15) is 5.69 Å². The molecule has 3 rings (SSSR count). The molecular weight excluding hydrogens is 370 g/mol. The van der Waals surface area contributed by atoms with Gasteiger partial charge in [-0.3, -0.25) is 14.4 Å². The first-order valence-electron chi connectivity index (χ1n) is 8.64. The van der Waals surface area contributed by atoms with E-state index in [2.05, 4.69) is 0 Å². The zero-order chi connectivity index (χ0) is 19.4. The quantitative estimate of drug-likeness (QED) is 0.555. The third kappa shape index (κ3) is 3.88. The Bertz CT molecular complexity index is 912. The lowest BCUT2D eigenvalue weighted by molar-refractivity contribution is -0.384. The van der Waals surface area contributed by atoms with Crippen molar-refractivity contribution in [2.45, 2.75) is 11.8 Å². The second-order valence-electron chi connectivity index (χ2n) is 6.01. The summed E-state index contributed by atoms with van der Waals surface area (Å²) in [6.45, 7) is 3.95. The molecule has 1 aliphatic rings. The molecule has 0 saturated carbocycles. The zero-order valence-corrected chi connectivity index (χ0v) is 15.8. The largest absolute Gasteiger partial charge is 0.378 e. The lowest BCUT2D eigenvalue weighted by atomic mass is 10.2. The number of hydrogen-bond donors (Lipinski definition) is 0. The van der Waals surface area contributed by atoms with Crippen molar-refractivity contribution >= 4 is 27.1 Å². The Morgan fingerprint density at radius 3 is 2.41 bits per heavy atom. The molecule has 0 radical (unpaired) electrons. The van der Waals surface area contributed by atoms with Gasteiger partial charge in [0, 0.05) is 25.7 Å². The molecule has 2 aromatic rings. The van der Waals surface area contributed by atoms with Gasteiger partial charge in [-0.15, -0.1) is 0 Å². The molecule has 144 valence electrons. The number of anilines is 2. The summed E-state index contributed by atoms with van der Waals surface area (Å²) in [5, 5.41) is 11.6. The summed E-state index contributed by atoms with van der Waals surface area (Å²) >= 11 is 0. The Kier molecular flexibility index (Phi) is 5.62. The van der Waals surface area contributed by atoms with Crippen molar-refractivity contribution < 1.29 is 18.1 Å². The van der Waals surface area contributed by atoms with E-state index in [1.54, 1.807) is 37.3 Å². The van der Waals surface area contributed by atoms with Gasteiger partial charge in [-0.25, -0.2) is 8.42 Å². The molecule has 1 heterocycles. The van der Waals surface area contributed by atoms with Crippen LogP contribution in [0.4, 0.5) is 17.1 Å². The summed E-state index contributed by atoms with van der Waals surface area (Å²) in [4.78, 5) is 12.8. The average Bonchev–Trinajstić information content (AvgIpc) is 2.69.